The molecule has 1 fully saturated rings. The SMILES string of the molecule is Cc1nn(CC2CCOC2)c2ccccc12. The zero-order valence-corrected chi connectivity index (χ0v) is 9.52. The van der Waals surface area contributed by atoms with E-state index in [1.54, 1.807) is 0 Å². The Hall–Kier alpha value is -1.35. The summed E-state index contributed by atoms with van der Waals surface area (Å²) in [4.78, 5) is 0. The molecule has 0 amide bonds. The molecule has 3 rings (SSSR count). The Balaban J connectivity index is 1.96. The average Bonchev–Trinajstić information content (AvgIpc) is 2.90. The molecule has 2 aromatic rings. The quantitative estimate of drug-likeness (QED) is 0.770. The molecule has 2 heterocycles. The van der Waals surface area contributed by atoms with Crippen LogP contribution in [-0.2, 0) is 11.3 Å². The molecule has 3 nitrogen and oxygen atoms in total. The molecule has 1 aliphatic rings. The minimum absolute atomic E-state index is 0.628. The Morgan fingerprint density at radius 2 is 2.31 bits per heavy atom. The van der Waals surface area contributed by atoms with Crippen molar-refractivity contribution in [3.8, 4) is 0 Å². The van der Waals surface area contributed by atoms with Crippen molar-refractivity contribution in [3.63, 3.8) is 0 Å². The molecule has 16 heavy (non-hydrogen) atoms. The number of aromatic nitrogens is 2. The highest BCUT2D eigenvalue weighted by atomic mass is 16.5. The summed E-state index contributed by atoms with van der Waals surface area (Å²) in [6.45, 7) is 4.84. The minimum Gasteiger partial charge on any atom is -0.381 e. The van der Waals surface area contributed by atoms with Crippen molar-refractivity contribution in [1.29, 1.82) is 0 Å². The van der Waals surface area contributed by atoms with Crippen LogP contribution in [0.2, 0.25) is 0 Å². The fourth-order valence-electron chi connectivity index (χ4n) is 2.40. The van der Waals surface area contributed by atoms with E-state index in [0.29, 0.717) is 5.92 Å². The van der Waals surface area contributed by atoms with Gasteiger partial charge in [-0.25, -0.2) is 0 Å². The van der Waals surface area contributed by atoms with Gasteiger partial charge in [-0.15, -0.1) is 0 Å². The predicted molar refractivity (Wildman–Crippen MR) is 63.4 cm³/mol. The van der Waals surface area contributed by atoms with E-state index in [9.17, 15) is 0 Å². The molecule has 0 spiro atoms. The van der Waals surface area contributed by atoms with E-state index in [4.69, 9.17) is 4.74 Å². The molecule has 1 aromatic carbocycles. The van der Waals surface area contributed by atoms with Gasteiger partial charge in [0.25, 0.3) is 0 Å². The normalized spacial score (nSPS) is 20.7. The van der Waals surface area contributed by atoms with Gasteiger partial charge >= 0.3 is 0 Å². The zero-order valence-electron chi connectivity index (χ0n) is 9.52. The van der Waals surface area contributed by atoms with Gasteiger partial charge in [-0.2, -0.15) is 5.10 Å². The smallest absolute Gasteiger partial charge is 0.0685 e. The van der Waals surface area contributed by atoms with Crippen molar-refractivity contribution < 1.29 is 4.74 Å². The van der Waals surface area contributed by atoms with Crippen LogP contribution in [0, 0.1) is 12.8 Å². The second kappa shape index (κ2) is 3.91. The summed E-state index contributed by atoms with van der Waals surface area (Å²) in [5.41, 5.74) is 2.36. The van der Waals surface area contributed by atoms with Crippen LogP contribution in [0.5, 0.6) is 0 Å². The fourth-order valence-corrected chi connectivity index (χ4v) is 2.40. The van der Waals surface area contributed by atoms with Crippen LogP contribution in [0.3, 0.4) is 0 Å². The number of hydrogen-bond donors (Lipinski definition) is 0. The summed E-state index contributed by atoms with van der Waals surface area (Å²) in [6, 6.07) is 8.43. The number of aryl methyl sites for hydroxylation is 1. The highest BCUT2D eigenvalue weighted by Crippen LogP contribution is 2.21. The molecule has 0 N–H and O–H groups in total. The van der Waals surface area contributed by atoms with E-state index >= 15 is 0 Å². The lowest BCUT2D eigenvalue weighted by atomic mass is 10.1. The molecule has 1 aliphatic heterocycles. The summed E-state index contributed by atoms with van der Waals surface area (Å²) < 4.78 is 7.54. The first-order valence-corrected chi connectivity index (χ1v) is 5.84. The van der Waals surface area contributed by atoms with Crippen molar-refractivity contribution in [3.05, 3.63) is 30.0 Å². The molecular formula is C13H16N2O. The number of ether oxygens (including phenoxy) is 1. The molecule has 0 saturated carbocycles. The maximum atomic E-state index is 5.41. The molecule has 0 bridgehead atoms. The number of hydrogen-bond acceptors (Lipinski definition) is 2. The molecule has 3 heteroatoms. The lowest BCUT2D eigenvalue weighted by molar-refractivity contribution is 0.182. The van der Waals surface area contributed by atoms with Gasteiger partial charge in [-0.3, -0.25) is 4.68 Å². The lowest BCUT2D eigenvalue weighted by Crippen LogP contribution is -2.11. The van der Waals surface area contributed by atoms with Crippen molar-refractivity contribution in [2.75, 3.05) is 13.2 Å². The van der Waals surface area contributed by atoms with Gasteiger partial charge in [0.2, 0.25) is 0 Å². The molecular weight excluding hydrogens is 200 g/mol. The molecule has 1 atom stereocenters. The molecule has 1 unspecified atom stereocenters. The first-order chi connectivity index (χ1) is 7.84. The fraction of sp³-hybridized carbons (Fsp3) is 0.462. The summed E-state index contributed by atoms with van der Waals surface area (Å²) in [5.74, 6) is 0.628. The Morgan fingerprint density at radius 3 is 3.12 bits per heavy atom. The second-order valence-electron chi connectivity index (χ2n) is 4.51. The van der Waals surface area contributed by atoms with Gasteiger partial charge < -0.3 is 4.74 Å². The van der Waals surface area contributed by atoms with Gasteiger partial charge in [0.15, 0.2) is 0 Å². The van der Waals surface area contributed by atoms with E-state index in [-0.39, 0.29) is 0 Å². The van der Waals surface area contributed by atoms with Crippen molar-refractivity contribution in [1.82, 2.24) is 9.78 Å². The van der Waals surface area contributed by atoms with E-state index < -0.39 is 0 Å². The van der Waals surface area contributed by atoms with Gasteiger partial charge in [0.1, 0.15) is 0 Å². The summed E-state index contributed by atoms with van der Waals surface area (Å²) in [5, 5.41) is 5.88. The monoisotopic (exact) mass is 216 g/mol. The molecule has 84 valence electrons. The summed E-state index contributed by atoms with van der Waals surface area (Å²) in [6.07, 6.45) is 1.16. The number of rotatable bonds is 2. The number of fused-ring (bicyclic) bond motifs is 1. The zero-order chi connectivity index (χ0) is 11.0. The van der Waals surface area contributed by atoms with Crippen LogP contribution < -0.4 is 0 Å². The largest absolute Gasteiger partial charge is 0.381 e. The van der Waals surface area contributed by atoms with Gasteiger partial charge in [-0.1, -0.05) is 18.2 Å². The Kier molecular flexibility index (Phi) is 2.40. The van der Waals surface area contributed by atoms with Gasteiger partial charge in [0.05, 0.1) is 17.8 Å². The first kappa shape index (κ1) is 9.85. The van der Waals surface area contributed by atoms with Crippen LogP contribution in [0.4, 0.5) is 0 Å². The van der Waals surface area contributed by atoms with E-state index in [1.165, 1.54) is 10.9 Å². The average molecular weight is 216 g/mol. The van der Waals surface area contributed by atoms with E-state index in [2.05, 4.69) is 41.0 Å². The number of para-hydroxylation sites is 1. The molecule has 0 aliphatic carbocycles. The lowest BCUT2D eigenvalue weighted by Gasteiger charge is -2.08. The van der Waals surface area contributed by atoms with Crippen LogP contribution in [-0.4, -0.2) is 23.0 Å². The highest BCUT2D eigenvalue weighted by Gasteiger charge is 2.17. The third kappa shape index (κ3) is 1.61. The first-order valence-electron chi connectivity index (χ1n) is 5.84. The van der Waals surface area contributed by atoms with Crippen LogP contribution in [0.15, 0.2) is 24.3 Å². The third-order valence-electron chi connectivity index (χ3n) is 3.30. The molecule has 1 aromatic heterocycles. The van der Waals surface area contributed by atoms with Crippen molar-refractivity contribution >= 4 is 10.9 Å². The Morgan fingerprint density at radius 1 is 1.44 bits per heavy atom. The van der Waals surface area contributed by atoms with Crippen molar-refractivity contribution in [2.45, 2.75) is 19.9 Å². The Bertz CT molecular complexity index is 498. The summed E-state index contributed by atoms with van der Waals surface area (Å²) >= 11 is 0. The standard InChI is InChI=1S/C13H16N2O/c1-10-12-4-2-3-5-13(12)15(14-10)8-11-6-7-16-9-11/h2-5,11H,6-9H2,1H3. The van der Waals surface area contributed by atoms with Gasteiger partial charge in [-0.05, 0) is 19.4 Å². The van der Waals surface area contributed by atoms with Crippen LogP contribution in [0.25, 0.3) is 10.9 Å². The topological polar surface area (TPSA) is 27.1 Å². The maximum absolute atomic E-state index is 5.41. The third-order valence-corrected chi connectivity index (χ3v) is 3.30. The Labute approximate surface area is 95.0 Å². The number of benzene rings is 1. The summed E-state index contributed by atoms with van der Waals surface area (Å²) in [7, 11) is 0. The van der Waals surface area contributed by atoms with Gasteiger partial charge in [0, 0.05) is 24.5 Å². The van der Waals surface area contributed by atoms with E-state index in [1.807, 2.05) is 0 Å². The van der Waals surface area contributed by atoms with Crippen LogP contribution in [0.1, 0.15) is 12.1 Å². The van der Waals surface area contributed by atoms with E-state index in [0.717, 1.165) is 31.9 Å². The minimum atomic E-state index is 0.628. The highest BCUT2D eigenvalue weighted by molar-refractivity contribution is 5.81. The van der Waals surface area contributed by atoms with Crippen LogP contribution >= 0.6 is 0 Å². The molecule has 1 saturated heterocycles. The second-order valence-corrected chi connectivity index (χ2v) is 4.51. The van der Waals surface area contributed by atoms with Crippen molar-refractivity contribution in [2.24, 2.45) is 5.92 Å². The number of nitrogens with zero attached hydrogens (tertiary/aromatic N) is 2. The maximum Gasteiger partial charge on any atom is 0.0685 e. The predicted octanol–water partition coefficient (Wildman–Crippen LogP) is 2.38. The molecule has 0 radical (unpaired) electrons.